The fourth-order valence-corrected chi connectivity index (χ4v) is 7.15. The van der Waals surface area contributed by atoms with Crippen molar-refractivity contribution < 1.29 is 29.0 Å². The van der Waals surface area contributed by atoms with Gasteiger partial charge in [-0.2, -0.15) is 0 Å². The molecular formula is C32H44N2O6. The average Bonchev–Trinajstić information content (AvgIpc) is 3.42. The van der Waals surface area contributed by atoms with Crippen LogP contribution in [0.4, 0.5) is 0 Å². The first-order valence-electron chi connectivity index (χ1n) is 14.2. The van der Waals surface area contributed by atoms with E-state index in [-0.39, 0.29) is 37.5 Å². The minimum absolute atomic E-state index is 0.104. The maximum atomic E-state index is 14.6. The van der Waals surface area contributed by atoms with Crippen LogP contribution in [0.2, 0.25) is 0 Å². The van der Waals surface area contributed by atoms with Crippen molar-refractivity contribution in [2.75, 3.05) is 19.8 Å². The summed E-state index contributed by atoms with van der Waals surface area (Å²) in [6.45, 7) is 17.3. The standard InChI is InChI=1S/C32H44N2O6/c1-8-10-17-39-29(38)25-24-27(36)34(23(20-35)18-22-14-12-11-13-15-22)26(28(37)33(16-9-2)30(4,5)6)32(24)19-21(3)31(25,7)40-32/h8-9,11-15,21,23-26,35H,1-2,10,16-20H2,3-7H3/t21?,23-,24+,25+,26?,31-,32?/m1/s1. The van der Waals surface area contributed by atoms with Crippen molar-refractivity contribution in [3.8, 4) is 0 Å². The molecule has 0 saturated carbocycles. The molecule has 1 N–H and O–H groups in total. The van der Waals surface area contributed by atoms with E-state index in [4.69, 9.17) is 9.47 Å². The van der Waals surface area contributed by atoms with Crippen LogP contribution in [0.5, 0.6) is 0 Å². The monoisotopic (exact) mass is 552 g/mol. The molecule has 4 rings (SSSR count). The van der Waals surface area contributed by atoms with Crippen LogP contribution in [0.1, 0.15) is 53.0 Å². The molecule has 0 aromatic heterocycles. The summed E-state index contributed by atoms with van der Waals surface area (Å²) in [6, 6.07) is 7.88. The number of carbonyl (C=O) groups excluding carboxylic acids is 3. The molecule has 0 aliphatic carbocycles. The van der Waals surface area contributed by atoms with Crippen molar-refractivity contribution in [1.29, 1.82) is 0 Å². The largest absolute Gasteiger partial charge is 0.465 e. The number of fused-ring (bicyclic) bond motifs is 1. The third kappa shape index (κ3) is 4.79. The van der Waals surface area contributed by atoms with Gasteiger partial charge in [-0.15, -0.1) is 13.2 Å². The molecule has 3 saturated heterocycles. The molecule has 2 amide bonds. The lowest BCUT2D eigenvalue weighted by molar-refractivity contribution is -0.164. The minimum Gasteiger partial charge on any atom is -0.465 e. The molecule has 1 aromatic rings. The molecule has 1 spiro atoms. The summed E-state index contributed by atoms with van der Waals surface area (Å²) in [4.78, 5) is 46.0. The Balaban J connectivity index is 1.84. The topological polar surface area (TPSA) is 96.4 Å². The zero-order chi connectivity index (χ0) is 29.5. The number of esters is 1. The van der Waals surface area contributed by atoms with E-state index in [2.05, 4.69) is 13.2 Å². The van der Waals surface area contributed by atoms with Crippen LogP contribution in [0.25, 0.3) is 0 Å². The van der Waals surface area contributed by atoms with Crippen LogP contribution in [0.3, 0.4) is 0 Å². The second kappa shape index (κ2) is 11.1. The molecule has 3 heterocycles. The Hall–Kier alpha value is -2.97. The number of aliphatic hydroxyl groups is 1. The summed E-state index contributed by atoms with van der Waals surface area (Å²) >= 11 is 0. The van der Waals surface area contributed by atoms with Crippen molar-refractivity contribution in [2.24, 2.45) is 17.8 Å². The molecular weight excluding hydrogens is 508 g/mol. The number of hydrogen-bond donors (Lipinski definition) is 1. The van der Waals surface area contributed by atoms with E-state index in [0.717, 1.165) is 5.56 Å². The van der Waals surface area contributed by atoms with E-state index in [9.17, 15) is 19.5 Å². The van der Waals surface area contributed by atoms with Gasteiger partial charge in [-0.3, -0.25) is 14.4 Å². The summed E-state index contributed by atoms with van der Waals surface area (Å²) in [5, 5.41) is 10.6. The van der Waals surface area contributed by atoms with Gasteiger partial charge in [0.25, 0.3) is 0 Å². The van der Waals surface area contributed by atoms with Crippen molar-refractivity contribution >= 4 is 17.8 Å². The summed E-state index contributed by atoms with van der Waals surface area (Å²) < 4.78 is 12.4. The SMILES string of the molecule is C=CCCOC(=O)[C@@H]1[C@H]2C(=O)N([C@@H](CO)Cc3ccccc3)C(C(=O)N(CC=C)C(C)(C)C)C23CC(C)[C@@]1(C)O3. The molecule has 218 valence electrons. The van der Waals surface area contributed by atoms with Gasteiger partial charge in [-0.05, 0) is 58.4 Å². The summed E-state index contributed by atoms with van der Waals surface area (Å²) in [5.41, 5.74) is -1.83. The molecule has 8 nitrogen and oxygen atoms in total. The summed E-state index contributed by atoms with van der Waals surface area (Å²) in [5.74, 6) is -2.98. The minimum atomic E-state index is -1.22. The molecule has 40 heavy (non-hydrogen) atoms. The summed E-state index contributed by atoms with van der Waals surface area (Å²) in [7, 11) is 0. The smallest absolute Gasteiger partial charge is 0.312 e. The molecule has 3 aliphatic heterocycles. The third-order valence-electron chi connectivity index (χ3n) is 9.11. The number of rotatable bonds is 11. The van der Waals surface area contributed by atoms with Gasteiger partial charge in [0.2, 0.25) is 11.8 Å². The van der Waals surface area contributed by atoms with Crippen molar-refractivity contribution in [2.45, 2.75) is 82.7 Å². The lowest BCUT2D eigenvalue weighted by atomic mass is 9.62. The van der Waals surface area contributed by atoms with E-state index >= 15 is 0 Å². The van der Waals surface area contributed by atoms with E-state index in [1.54, 1.807) is 17.1 Å². The highest BCUT2D eigenvalue weighted by Crippen LogP contribution is 2.65. The van der Waals surface area contributed by atoms with Gasteiger partial charge in [0.1, 0.15) is 17.6 Å². The molecule has 2 bridgehead atoms. The quantitative estimate of drug-likeness (QED) is 0.256. The Labute approximate surface area is 238 Å². The molecule has 7 atom stereocenters. The first kappa shape index (κ1) is 30.0. The van der Waals surface area contributed by atoms with Gasteiger partial charge in [-0.1, -0.05) is 49.4 Å². The molecule has 3 unspecified atom stereocenters. The molecule has 0 radical (unpaired) electrons. The predicted molar refractivity (Wildman–Crippen MR) is 152 cm³/mol. The van der Waals surface area contributed by atoms with Crippen LogP contribution in [-0.2, 0) is 30.3 Å². The Morgan fingerprint density at radius 1 is 1.25 bits per heavy atom. The number of benzene rings is 1. The Morgan fingerprint density at radius 2 is 1.93 bits per heavy atom. The number of nitrogens with zero attached hydrogens (tertiary/aromatic N) is 2. The predicted octanol–water partition coefficient (Wildman–Crippen LogP) is 3.53. The zero-order valence-corrected chi connectivity index (χ0v) is 24.5. The number of hydrogen-bond acceptors (Lipinski definition) is 6. The van der Waals surface area contributed by atoms with Gasteiger partial charge < -0.3 is 24.4 Å². The van der Waals surface area contributed by atoms with E-state index < -0.39 is 46.6 Å². The van der Waals surface area contributed by atoms with Gasteiger partial charge in [0, 0.05) is 12.1 Å². The highest BCUT2D eigenvalue weighted by molar-refractivity contribution is 5.99. The first-order chi connectivity index (χ1) is 18.9. The van der Waals surface area contributed by atoms with Crippen molar-refractivity contribution in [1.82, 2.24) is 9.80 Å². The third-order valence-corrected chi connectivity index (χ3v) is 9.11. The van der Waals surface area contributed by atoms with E-state index in [1.807, 2.05) is 65.0 Å². The Bertz CT molecular complexity index is 1150. The number of ether oxygens (including phenoxy) is 2. The molecule has 1 aromatic carbocycles. The van der Waals surface area contributed by atoms with Gasteiger partial charge in [0.15, 0.2) is 0 Å². The maximum absolute atomic E-state index is 14.6. The van der Waals surface area contributed by atoms with Crippen LogP contribution < -0.4 is 0 Å². The average molecular weight is 553 g/mol. The second-order valence-electron chi connectivity index (χ2n) is 12.6. The fraction of sp³-hybridized carbons (Fsp3) is 0.594. The van der Waals surface area contributed by atoms with E-state index in [1.165, 1.54) is 4.90 Å². The van der Waals surface area contributed by atoms with Crippen LogP contribution >= 0.6 is 0 Å². The molecule has 3 fully saturated rings. The highest BCUT2D eigenvalue weighted by Gasteiger charge is 2.81. The van der Waals surface area contributed by atoms with Gasteiger partial charge in [-0.25, -0.2) is 0 Å². The Kier molecular flexibility index (Phi) is 8.35. The van der Waals surface area contributed by atoms with E-state index in [0.29, 0.717) is 19.3 Å². The van der Waals surface area contributed by atoms with Gasteiger partial charge in [0.05, 0.1) is 30.8 Å². The lowest BCUT2D eigenvalue weighted by Gasteiger charge is -2.43. The van der Waals surface area contributed by atoms with Crippen LogP contribution in [0, 0.1) is 17.8 Å². The number of aliphatic hydroxyl groups excluding tert-OH is 1. The molecule has 3 aliphatic rings. The number of amides is 2. The maximum Gasteiger partial charge on any atom is 0.312 e. The lowest BCUT2D eigenvalue weighted by Crippen LogP contribution is -2.62. The Morgan fingerprint density at radius 3 is 2.50 bits per heavy atom. The second-order valence-corrected chi connectivity index (χ2v) is 12.6. The van der Waals surface area contributed by atoms with Crippen LogP contribution in [0.15, 0.2) is 55.6 Å². The fourth-order valence-electron chi connectivity index (χ4n) is 7.15. The number of likely N-dealkylation sites (tertiary alicyclic amines) is 1. The van der Waals surface area contributed by atoms with Crippen molar-refractivity contribution in [3.63, 3.8) is 0 Å². The van der Waals surface area contributed by atoms with Gasteiger partial charge >= 0.3 is 5.97 Å². The summed E-state index contributed by atoms with van der Waals surface area (Å²) in [6.07, 6.45) is 4.63. The normalized spacial score (nSPS) is 31.6. The zero-order valence-electron chi connectivity index (χ0n) is 24.5. The first-order valence-corrected chi connectivity index (χ1v) is 14.2. The van der Waals surface area contributed by atoms with Crippen LogP contribution in [-0.4, -0.2) is 81.3 Å². The number of carbonyl (C=O) groups is 3. The van der Waals surface area contributed by atoms with Crippen molar-refractivity contribution in [3.05, 3.63) is 61.2 Å². The highest BCUT2D eigenvalue weighted by atomic mass is 16.6. The molecule has 8 heteroatoms.